The van der Waals surface area contributed by atoms with E-state index < -0.39 is 0 Å². The lowest BCUT2D eigenvalue weighted by Gasteiger charge is -2.20. The van der Waals surface area contributed by atoms with Crippen LogP contribution < -0.4 is 5.56 Å². The summed E-state index contributed by atoms with van der Waals surface area (Å²) in [4.78, 5) is 12.1. The van der Waals surface area contributed by atoms with Gasteiger partial charge in [-0.05, 0) is 29.0 Å². The van der Waals surface area contributed by atoms with Gasteiger partial charge in [-0.2, -0.15) is 5.10 Å². The molecule has 23 heavy (non-hydrogen) atoms. The molecule has 3 rings (SSSR count). The summed E-state index contributed by atoms with van der Waals surface area (Å²) >= 11 is 0. The second kappa shape index (κ2) is 5.99. The maximum Gasteiger partial charge on any atom is 0.272 e. The highest BCUT2D eigenvalue weighted by Gasteiger charge is 2.19. The zero-order valence-corrected chi connectivity index (χ0v) is 14.1. The van der Waals surface area contributed by atoms with E-state index in [9.17, 15) is 4.79 Å². The average molecular weight is 306 g/mol. The Balaban J connectivity index is 2.44. The Hall–Kier alpha value is -2.42. The third kappa shape index (κ3) is 2.67. The van der Waals surface area contributed by atoms with E-state index in [0.717, 1.165) is 16.6 Å². The van der Waals surface area contributed by atoms with E-state index in [1.807, 2.05) is 24.3 Å². The highest BCUT2D eigenvalue weighted by atomic mass is 16.1. The number of rotatable bonds is 3. The Morgan fingerprint density at radius 1 is 0.826 bits per heavy atom. The van der Waals surface area contributed by atoms with E-state index in [2.05, 4.69) is 56.1 Å². The monoisotopic (exact) mass is 306 g/mol. The molecule has 0 aliphatic heterocycles. The summed E-state index contributed by atoms with van der Waals surface area (Å²) in [6.07, 6.45) is 0. The first kappa shape index (κ1) is 15.5. The van der Waals surface area contributed by atoms with Gasteiger partial charge < -0.3 is 0 Å². The predicted octanol–water partition coefficient (Wildman–Crippen LogP) is 4.84. The van der Waals surface area contributed by atoms with Gasteiger partial charge in [0.2, 0.25) is 0 Å². The molecule has 0 radical (unpaired) electrons. The highest BCUT2D eigenvalue weighted by molar-refractivity contribution is 5.95. The van der Waals surface area contributed by atoms with Gasteiger partial charge in [0.15, 0.2) is 0 Å². The lowest BCUT2D eigenvalue weighted by molar-refractivity contribution is 0.834. The van der Waals surface area contributed by atoms with Crippen molar-refractivity contribution in [2.24, 2.45) is 0 Å². The maximum atomic E-state index is 12.1. The minimum atomic E-state index is -0.141. The van der Waals surface area contributed by atoms with Crippen molar-refractivity contribution in [1.29, 1.82) is 0 Å². The van der Waals surface area contributed by atoms with Crippen LogP contribution in [0, 0.1) is 0 Å². The Labute approximate surface area is 136 Å². The van der Waals surface area contributed by atoms with Gasteiger partial charge in [-0.1, -0.05) is 64.1 Å². The minimum absolute atomic E-state index is 0.141. The van der Waals surface area contributed by atoms with Crippen molar-refractivity contribution in [2.75, 3.05) is 0 Å². The standard InChI is InChI=1S/C20H22N2O/c1-12(2)14-10-7-11-15(13(3)4)18(14)19-16-8-5-6-9-17(16)20(23)22-21-19/h5-13H,1-4H3,(H,22,23). The molecule has 0 atom stereocenters. The third-order valence-corrected chi connectivity index (χ3v) is 4.31. The van der Waals surface area contributed by atoms with Gasteiger partial charge in [-0.25, -0.2) is 5.10 Å². The molecule has 118 valence electrons. The molecule has 0 saturated heterocycles. The second-order valence-electron chi connectivity index (χ2n) is 6.57. The first-order valence-corrected chi connectivity index (χ1v) is 8.11. The van der Waals surface area contributed by atoms with E-state index in [-0.39, 0.29) is 5.56 Å². The Bertz CT molecular complexity index is 881. The van der Waals surface area contributed by atoms with Crippen molar-refractivity contribution in [1.82, 2.24) is 10.2 Å². The van der Waals surface area contributed by atoms with E-state index >= 15 is 0 Å². The number of aromatic nitrogens is 2. The van der Waals surface area contributed by atoms with E-state index in [4.69, 9.17) is 0 Å². The molecule has 0 aliphatic carbocycles. The normalized spacial score (nSPS) is 11.6. The average Bonchev–Trinajstić information content (AvgIpc) is 2.55. The van der Waals surface area contributed by atoms with Crippen molar-refractivity contribution in [3.05, 3.63) is 63.9 Å². The number of benzene rings is 2. The Morgan fingerprint density at radius 2 is 1.39 bits per heavy atom. The number of aromatic amines is 1. The summed E-state index contributed by atoms with van der Waals surface area (Å²) in [5, 5.41) is 8.69. The molecule has 1 N–H and O–H groups in total. The third-order valence-electron chi connectivity index (χ3n) is 4.31. The lowest BCUT2D eigenvalue weighted by atomic mass is 9.86. The molecule has 2 aromatic carbocycles. The minimum Gasteiger partial charge on any atom is -0.267 e. The molecule has 0 bridgehead atoms. The predicted molar refractivity (Wildman–Crippen MR) is 96.0 cm³/mol. The molecule has 1 heterocycles. The number of nitrogens with zero attached hydrogens (tertiary/aromatic N) is 1. The molecule has 0 amide bonds. The molecule has 3 aromatic rings. The summed E-state index contributed by atoms with van der Waals surface area (Å²) in [6, 6.07) is 14.1. The number of H-pyrrole nitrogens is 1. The summed E-state index contributed by atoms with van der Waals surface area (Å²) < 4.78 is 0. The van der Waals surface area contributed by atoms with Crippen molar-refractivity contribution in [3.8, 4) is 11.3 Å². The molecule has 0 spiro atoms. The summed E-state index contributed by atoms with van der Waals surface area (Å²) in [7, 11) is 0. The van der Waals surface area contributed by atoms with E-state index in [1.165, 1.54) is 11.1 Å². The van der Waals surface area contributed by atoms with Crippen LogP contribution in [-0.2, 0) is 0 Å². The van der Waals surface area contributed by atoms with Gasteiger partial charge in [-0.15, -0.1) is 0 Å². The van der Waals surface area contributed by atoms with Crippen LogP contribution in [0.4, 0.5) is 0 Å². The van der Waals surface area contributed by atoms with Gasteiger partial charge in [0.05, 0.1) is 11.1 Å². The van der Waals surface area contributed by atoms with Crippen LogP contribution in [0.5, 0.6) is 0 Å². The van der Waals surface area contributed by atoms with Crippen LogP contribution in [-0.4, -0.2) is 10.2 Å². The largest absolute Gasteiger partial charge is 0.272 e. The quantitative estimate of drug-likeness (QED) is 0.752. The fourth-order valence-corrected chi connectivity index (χ4v) is 3.13. The Morgan fingerprint density at radius 3 is 1.96 bits per heavy atom. The van der Waals surface area contributed by atoms with Crippen LogP contribution in [0.1, 0.15) is 50.7 Å². The number of fused-ring (bicyclic) bond motifs is 1. The fraction of sp³-hybridized carbons (Fsp3) is 0.300. The smallest absolute Gasteiger partial charge is 0.267 e. The Kier molecular flexibility index (Phi) is 4.03. The van der Waals surface area contributed by atoms with Gasteiger partial charge in [0.1, 0.15) is 0 Å². The molecule has 0 saturated carbocycles. The van der Waals surface area contributed by atoms with Crippen LogP contribution >= 0.6 is 0 Å². The van der Waals surface area contributed by atoms with E-state index in [0.29, 0.717) is 17.2 Å². The summed E-state index contributed by atoms with van der Waals surface area (Å²) in [5.41, 5.74) is 4.41. The van der Waals surface area contributed by atoms with Crippen LogP contribution in [0.2, 0.25) is 0 Å². The zero-order valence-electron chi connectivity index (χ0n) is 14.1. The summed E-state index contributed by atoms with van der Waals surface area (Å²) in [5.74, 6) is 0.771. The van der Waals surface area contributed by atoms with Crippen molar-refractivity contribution in [3.63, 3.8) is 0 Å². The van der Waals surface area contributed by atoms with Gasteiger partial charge in [0, 0.05) is 10.9 Å². The number of hydrogen-bond acceptors (Lipinski definition) is 2. The van der Waals surface area contributed by atoms with Crippen molar-refractivity contribution >= 4 is 10.8 Å². The molecule has 3 nitrogen and oxygen atoms in total. The maximum absolute atomic E-state index is 12.1. The summed E-state index contributed by atoms with van der Waals surface area (Å²) in [6.45, 7) is 8.77. The number of nitrogens with one attached hydrogen (secondary N) is 1. The van der Waals surface area contributed by atoms with Crippen LogP contribution in [0.25, 0.3) is 22.0 Å². The molecule has 0 unspecified atom stereocenters. The van der Waals surface area contributed by atoms with E-state index in [1.54, 1.807) is 0 Å². The molecular formula is C20H22N2O. The molecule has 0 aliphatic rings. The van der Waals surface area contributed by atoms with Gasteiger partial charge in [0.25, 0.3) is 5.56 Å². The first-order valence-electron chi connectivity index (χ1n) is 8.11. The van der Waals surface area contributed by atoms with Gasteiger partial charge >= 0.3 is 0 Å². The molecular weight excluding hydrogens is 284 g/mol. The van der Waals surface area contributed by atoms with Crippen molar-refractivity contribution < 1.29 is 0 Å². The zero-order chi connectivity index (χ0) is 16.6. The van der Waals surface area contributed by atoms with Crippen LogP contribution in [0.15, 0.2) is 47.3 Å². The lowest BCUT2D eigenvalue weighted by Crippen LogP contribution is -2.11. The highest BCUT2D eigenvalue weighted by Crippen LogP contribution is 2.37. The second-order valence-corrected chi connectivity index (χ2v) is 6.57. The van der Waals surface area contributed by atoms with Gasteiger partial charge in [-0.3, -0.25) is 4.79 Å². The first-order chi connectivity index (χ1) is 11.0. The SMILES string of the molecule is CC(C)c1cccc(C(C)C)c1-c1n[nH]c(=O)c2ccccc12. The fourth-order valence-electron chi connectivity index (χ4n) is 3.13. The number of hydrogen-bond donors (Lipinski definition) is 1. The topological polar surface area (TPSA) is 45.8 Å². The molecule has 3 heteroatoms. The van der Waals surface area contributed by atoms with Crippen LogP contribution in [0.3, 0.4) is 0 Å². The molecule has 0 fully saturated rings. The van der Waals surface area contributed by atoms with Crippen molar-refractivity contribution in [2.45, 2.75) is 39.5 Å². The molecule has 1 aromatic heterocycles.